The minimum Gasteiger partial charge on any atom is -0.398 e. The van der Waals surface area contributed by atoms with E-state index in [1.54, 1.807) is 0 Å². The first kappa shape index (κ1) is 14.9. The molecule has 0 aliphatic heterocycles. The minimum atomic E-state index is 0.543. The van der Waals surface area contributed by atoms with E-state index in [1.807, 2.05) is 6.07 Å². The van der Waals surface area contributed by atoms with Gasteiger partial charge in [-0.25, -0.2) is 0 Å². The third kappa shape index (κ3) is 3.96. The van der Waals surface area contributed by atoms with E-state index in [-0.39, 0.29) is 0 Å². The zero-order chi connectivity index (χ0) is 14.0. The number of halogens is 1. The SMILES string of the molecule is CN(Cc1ccc(N)c(Br)c1)C1CCC(C)(C)CC1. The quantitative estimate of drug-likeness (QED) is 0.833. The predicted octanol–water partition coefficient (Wildman–Crippen LogP) is 4.43. The first-order chi connectivity index (χ1) is 8.87. The maximum Gasteiger partial charge on any atom is 0.0458 e. The van der Waals surface area contributed by atoms with Gasteiger partial charge in [-0.2, -0.15) is 0 Å². The van der Waals surface area contributed by atoms with E-state index in [0.29, 0.717) is 5.41 Å². The fourth-order valence-corrected chi connectivity index (χ4v) is 3.34. The molecule has 0 saturated heterocycles. The maximum atomic E-state index is 5.83. The highest BCUT2D eigenvalue weighted by Gasteiger charge is 2.28. The molecule has 19 heavy (non-hydrogen) atoms. The third-order valence-electron chi connectivity index (χ3n) is 4.43. The summed E-state index contributed by atoms with van der Waals surface area (Å²) in [5, 5.41) is 0. The number of nitrogens with zero attached hydrogens (tertiary/aromatic N) is 1. The molecule has 0 heterocycles. The van der Waals surface area contributed by atoms with Gasteiger partial charge in [0.05, 0.1) is 0 Å². The van der Waals surface area contributed by atoms with Gasteiger partial charge in [0.2, 0.25) is 0 Å². The highest BCUT2D eigenvalue weighted by Crippen LogP contribution is 2.37. The normalized spacial score (nSPS) is 19.8. The molecule has 0 atom stereocenters. The summed E-state index contributed by atoms with van der Waals surface area (Å²) in [5.74, 6) is 0. The van der Waals surface area contributed by atoms with Gasteiger partial charge in [-0.15, -0.1) is 0 Å². The lowest BCUT2D eigenvalue weighted by molar-refractivity contribution is 0.123. The Morgan fingerprint density at radius 3 is 2.53 bits per heavy atom. The largest absolute Gasteiger partial charge is 0.398 e. The molecule has 2 nitrogen and oxygen atoms in total. The molecule has 1 fully saturated rings. The van der Waals surface area contributed by atoms with Crippen LogP contribution in [0.5, 0.6) is 0 Å². The number of hydrogen-bond acceptors (Lipinski definition) is 2. The Labute approximate surface area is 125 Å². The number of nitrogen functional groups attached to an aromatic ring is 1. The third-order valence-corrected chi connectivity index (χ3v) is 5.12. The van der Waals surface area contributed by atoms with Crippen LogP contribution in [0.4, 0.5) is 5.69 Å². The Balaban J connectivity index is 1.94. The Bertz CT molecular complexity index is 432. The molecule has 106 valence electrons. The van der Waals surface area contributed by atoms with Crippen molar-refractivity contribution in [2.24, 2.45) is 5.41 Å². The van der Waals surface area contributed by atoms with Crippen LogP contribution in [0.3, 0.4) is 0 Å². The molecule has 0 amide bonds. The zero-order valence-corrected chi connectivity index (χ0v) is 13.8. The lowest BCUT2D eigenvalue weighted by Gasteiger charge is -2.38. The van der Waals surface area contributed by atoms with Gasteiger partial charge in [0.1, 0.15) is 0 Å². The van der Waals surface area contributed by atoms with Crippen LogP contribution in [0.1, 0.15) is 45.1 Å². The first-order valence-corrected chi connectivity index (χ1v) is 7.91. The standard InChI is InChI=1S/C16H25BrN2/c1-16(2)8-6-13(7-9-16)19(3)11-12-4-5-15(18)14(17)10-12/h4-5,10,13H,6-9,11,18H2,1-3H3. The molecule has 1 aliphatic carbocycles. The summed E-state index contributed by atoms with van der Waals surface area (Å²) in [4.78, 5) is 2.49. The number of anilines is 1. The maximum absolute atomic E-state index is 5.83. The fraction of sp³-hybridized carbons (Fsp3) is 0.625. The van der Waals surface area contributed by atoms with E-state index in [4.69, 9.17) is 5.73 Å². The highest BCUT2D eigenvalue weighted by molar-refractivity contribution is 9.10. The molecule has 0 radical (unpaired) electrons. The van der Waals surface area contributed by atoms with Gasteiger partial charge >= 0.3 is 0 Å². The van der Waals surface area contributed by atoms with Gasteiger partial charge in [-0.1, -0.05) is 19.9 Å². The van der Waals surface area contributed by atoms with Crippen LogP contribution in [0.2, 0.25) is 0 Å². The van der Waals surface area contributed by atoms with E-state index in [0.717, 1.165) is 22.7 Å². The molecule has 2 rings (SSSR count). The molecule has 1 aromatic carbocycles. The zero-order valence-electron chi connectivity index (χ0n) is 12.2. The van der Waals surface area contributed by atoms with Crippen molar-refractivity contribution >= 4 is 21.6 Å². The molecule has 0 unspecified atom stereocenters. The number of rotatable bonds is 3. The van der Waals surface area contributed by atoms with Crippen LogP contribution < -0.4 is 5.73 Å². The molecule has 1 aliphatic rings. The number of hydrogen-bond donors (Lipinski definition) is 1. The van der Waals surface area contributed by atoms with Crippen molar-refractivity contribution in [3.63, 3.8) is 0 Å². The van der Waals surface area contributed by atoms with Crippen molar-refractivity contribution in [1.29, 1.82) is 0 Å². The number of benzene rings is 1. The average Bonchev–Trinajstić information content (AvgIpc) is 2.33. The summed E-state index contributed by atoms with van der Waals surface area (Å²) in [6, 6.07) is 6.98. The second kappa shape index (κ2) is 5.84. The van der Waals surface area contributed by atoms with Crippen molar-refractivity contribution in [2.45, 2.75) is 52.1 Å². The number of nitrogens with two attached hydrogens (primary N) is 1. The molecule has 0 aromatic heterocycles. The van der Waals surface area contributed by atoms with Crippen molar-refractivity contribution < 1.29 is 0 Å². The van der Waals surface area contributed by atoms with Crippen molar-refractivity contribution in [1.82, 2.24) is 4.90 Å². The smallest absolute Gasteiger partial charge is 0.0458 e. The van der Waals surface area contributed by atoms with Gasteiger partial charge in [-0.3, -0.25) is 4.90 Å². The Morgan fingerprint density at radius 2 is 1.95 bits per heavy atom. The van der Waals surface area contributed by atoms with Crippen LogP contribution in [-0.2, 0) is 6.54 Å². The fourth-order valence-electron chi connectivity index (χ4n) is 2.91. The minimum absolute atomic E-state index is 0.543. The van der Waals surface area contributed by atoms with Crippen molar-refractivity contribution in [3.05, 3.63) is 28.2 Å². The highest BCUT2D eigenvalue weighted by atomic mass is 79.9. The van der Waals surface area contributed by atoms with Crippen molar-refractivity contribution in [2.75, 3.05) is 12.8 Å². The summed E-state index contributed by atoms with van der Waals surface area (Å²) in [6.45, 7) is 5.78. The topological polar surface area (TPSA) is 29.3 Å². The molecule has 3 heteroatoms. The predicted molar refractivity (Wildman–Crippen MR) is 86.1 cm³/mol. The lowest BCUT2D eigenvalue weighted by Crippen LogP contribution is -2.36. The Hall–Kier alpha value is -0.540. The molecule has 1 saturated carbocycles. The Kier molecular flexibility index (Phi) is 4.57. The van der Waals surface area contributed by atoms with Gasteiger partial charge in [-0.05, 0) is 71.8 Å². The molecule has 0 bridgehead atoms. The summed E-state index contributed by atoms with van der Waals surface area (Å²) < 4.78 is 1.00. The lowest BCUT2D eigenvalue weighted by atomic mass is 9.75. The summed E-state index contributed by atoms with van der Waals surface area (Å²) in [6.07, 6.45) is 5.32. The van der Waals surface area contributed by atoms with Crippen LogP contribution in [0.25, 0.3) is 0 Å². The molecular formula is C16H25BrN2. The average molecular weight is 325 g/mol. The van der Waals surface area contributed by atoms with E-state index < -0.39 is 0 Å². The second-order valence-corrected chi connectivity index (χ2v) is 7.52. The van der Waals surface area contributed by atoms with Crippen LogP contribution in [0.15, 0.2) is 22.7 Å². The second-order valence-electron chi connectivity index (χ2n) is 6.67. The summed E-state index contributed by atoms with van der Waals surface area (Å²) in [7, 11) is 2.24. The van der Waals surface area contributed by atoms with Gasteiger partial charge < -0.3 is 5.73 Å². The monoisotopic (exact) mass is 324 g/mol. The van der Waals surface area contributed by atoms with E-state index in [9.17, 15) is 0 Å². The van der Waals surface area contributed by atoms with E-state index in [1.165, 1.54) is 31.2 Å². The van der Waals surface area contributed by atoms with Crippen LogP contribution in [0, 0.1) is 5.41 Å². The molecule has 1 aromatic rings. The van der Waals surface area contributed by atoms with Gasteiger partial charge in [0.15, 0.2) is 0 Å². The molecule has 2 N–H and O–H groups in total. The molecule has 0 spiro atoms. The van der Waals surface area contributed by atoms with Gasteiger partial charge in [0, 0.05) is 22.7 Å². The summed E-state index contributed by atoms with van der Waals surface area (Å²) >= 11 is 3.50. The Morgan fingerprint density at radius 1 is 1.32 bits per heavy atom. The van der Waals surface area contributed by atoms with Gasteiger partial charge in [0.25, 0.3) is 0 Å². The molecular weight excluding hydrogens is 300 g/mol. The first-order valence-electron chi connectivity index (χ1n) is 7.11. The summed E-state index contributed by atoms with van der Waals surface area (Å²) in [5.41, 5.74) is 8.51. The van der Waals surface area contributed by atoms with E-state index >= 15 is 0 Å². The van der Waals surface area contributed by atoms with Crippen LogP contribution in [-0.4, -0.2) is 18.0 Å². The van der Waals surface area contributed by atoms with E-state index in [2.05, 4.69) is 53.9 Å². The van der Waals surface area contributed by atoms with Crippen LogP contribution >= 0.6 is 15.9 Å². The van der Waals surface area contributed by atoms with Crippen molar-refractivity contribution in [3.8, 4) is 0 Å².